The van der Waals surface area contributed by atoms with Gasteiger partial charge in [0.15, 0.2) is 0 Å². The lowest BCUT2D eigenvalue weighted by molar-refractivity contribution is 0.00578. The average molecular weight is 276 g/mol. The highest BCUT2D eigenvalue weighted by Crippen LogP contribution is 2.36. The molecule has 1 heterocycles. The number of hydrogen-bond donors (Lipinski definition) is 1. The molecular formula is C15H21BO4. The maximum atomic E-state index is 11.2. The molecule has 0 amide bonds. The predicted molar refractivity (Wildman–Crippen MR) is 78.6 cm³/mol. The molecule has 0 spiro atoms. The van der Waals surface area contributed by atoms with Crippen LogP contribution < -0.4 is 5.46 Å². The fourth-order valence-corrected chi connectivity index (χ4v) is 2.30. The van der Waals surface area contributed by atoms with Crippen molar-refractivity contribution in [1.29, 1.82) is 0 Å². The quantitative estimate of drug-likeness (QED) is 0.842. The normalized spacial score (nSPS) is 20.2. The molecule has 0 bridgehead atoms. The van der Waals surface area contributed by atoms with Gasteiger partial charge in [-0.3, -0.25) is 0 Å². The molecule has 0 radical (unpaired) electrons. The Kier molecular flexibility index (Phi) is 3.47. The second-order valence-electron chi connectivity index (χ2n) is 6.35. The van der Waals surface area contributed by atoms with Gasteiger partial charge in [-0.1, -0.05) is 6.07 Å². The Morgan fingerprint density at radius 1 is 1.05 bits per heavy atom. The minimum absolute atomic E-state index is 0.322. The fraction of sp³-hybridized carbons (Fsp3) is 0.533. The lowest BCUT2D eigenvalue weighted by Crippen LogP contribution is -2.41. The summed E-state index contributed by atoms with van der Waals surface area (Å²) in [5, 5.41) is 9.15. The molecule has 108 valence electrons. The predicted octanol–water partition coefficient (Wildman–Crippen LogP) is 2.30. The highest BCUT2D eigenvalue weighted by Gasteiger charge is 2.52. The molecule has 1 saturated heterocycles. The van der Waals surface area contributed by atoms with Crippen LogP contribution in [-0.2, 0) is 9.31 Å². The number of rotatable bonds is 2. The minimum Gasteiger partial charge on any atom is -0.478 e. The van der Waals surface area contributed by atoms with Crippen LogP contribution in [0.5, 0.6) is 0 Å². The van der Waals surface area contributed by atoms with E-state index >= 15 is 0 Å². The van der Waals surface area contributed by atoms with Gasteiger partial charge in [-0.05, 0) is 64.2 Å². The molecule has 4 nitrogen and oxygen atoms in total. The number of carbonyl (C=O) groups is 1. The Morgan fingerprint density at radius 3 is 2.00 bits per heavy atom. The minimum atomic E-state index is -0.911. The molecule has 0 aliphatic carbocycles. The average Bonchev–Trinajstić information content (AvgIpc) is 2.51. The summed E-state index contributed by atoms with van der Waals surface area (Å²) in [6.07, 6.45) is 0. The molecule has 0 atom stereocenters. The van der Waals surface area contributed by atoms with Gasteiger partial charge >= 0.3 is 13.1 Å². The van der Waals surface area contributed by atoms with Crippen molar-refractivity contribution in [3.63, 3.8) is 0 Å². The molecule has 2 rings (SSSR count). The molecule has 1 aliphatic rings. The van der Waals surface area contributed by atoms with Gasteiger partial charge in [-0.15, -0.1) is 0 Å². The maximum absolute atomic E-state index is 11.2. The summed E-state index contributed by atoms with van der Waals surface area (Å²) < 4.78 is 12.0. The molecule has 20 heavy (non-hydrogen) atoms. The van der Waals surface area contributed by atoms with Crippen LogP contribution in [0.2, 0.25) is 0 Å². The third-order valence-corrected chi connectivity index (χ3v) is 4.57. The van der Waals surface area contributed by atoms with Crippen molar-refractivity contribution in [2.24, 2.45) is 0 Å². The van der Waals surface area contributed by atoms with Crippen molar-refractivity contribution in [3.8, 4) is 0 Å². The van der Waals surface area contributed by atoms with Crippen LogP contribution in [0, 0.1) is 13.8 Å². The summed E-state index contributed by atoms with van der Waals surface area (Å²) in [4.78, 5) is 11.2. The second-order valence-corrected chi connectivity index (χ2v) is 6.35. The number of carboxylic acid groups (broad SMARTS) is 1. The topological polar surface area (TPSA) is 55.8 Å². The maximum Gasteiger partial charge on any atom is 0.495 e. The standard InChI is InChI=1S/C15H21BO4/c1-9-10(2)12(8-7-11(9)13(17)18)16-19-14(3,4)15(5,6)20-16/h7-8H,1-6H3,(H,17,18). The zero-order chi connectivity index (χ0) is 15.3. The zero-order valence-corrected chi connectivity index (χ0v) is 12.9. The Labute approximate surface area is 120 Å². The van der Waals surface area contributed by atoms with E-state index < -0.39 is 24.3 Å². The van der Waals surface area contributed by atoms with E-state index in [-0.39, 0.29) is 0 Å². The van der Waals surface area contributed by atoms with Crippen LogP contribution in [0.4, 0.5) is 0 Å². The number of aromatic carboxylic acids is 1. The van der Waals surface area contributed by atoms with Crippen LogP contribution in [0.1, 0.15) is 49.2 Å². The highest BCUT2D eigenvalue weighted by atomic mass is 16.7. The van der Waals surface area contributed by atoms with Gasteiger partial charge in [-0.25, -0.2) is 4.79 Å². The largest absolute Gasteiger partial charge is 0.495 e. The van der Waals surface area contributed by atoms with Gasteiger partial charge in [0.05, 0.1) is 16.8 Å². The summed E-state index contributed by atoms with van der Waals surface area (Å²) >= 11 is 0. The highest BCUT2D eigenvalue weighted by molar-refractivity contribution is 6.62. The molecule has 1 N–H and O–H groups in total. The van der Waals surface area contributed by atoms with Crippen molar-refractivity contribution in [2.75, 3.05) is 0 Å². The van der Waals surface area contributed by atoms with Gasteiger partial charge in [0.2, 0.25) is 0 Å². The third kappa shape index (κ3) is 2.25. The molecule has 5 heteroatoms. The first-order chi connectivity index (χ1) is 9.07. The summed E-state index contributed by atoms with van der Waals surface area (Å²) in [5.41, 5.74) is 2.08. The lowest BCUT2D eigenvalue weighted by Gasteiger charge is -2.32. The summed E-state index contributed by atoms with van der Waals surface area (Å²) in [6, 6.07) is 3.40. The number of benzene rings is 1. The van der Waals surface area contributed by atoms with Gasteiger partial charge in [0.1, 0.15) is 0 Å². The fourth-order valence-electron chi connectivity index (χ4n) is 2.30. The van der Waals surface area contributed by atoms with Crippen molar-refractivity contribution < 1.29 is 19.2 Å². The first-order valence-electron chi connectivity index (χ1n) is 6.76. The molecule has 0 saturated carbocycles. The molecular weight excluding hydrogens is 255 g/mol. The van der Waals surface area contributed by atoms with E-state index in [2.05, 4.69) is 0 Å². The van der Waals surface area contributed by atoms with E-state index in [9.17, 15) is 4.79 Å². The van der Waals surface area contributed by atoms with E-state index in [0.717, 1.165) is 16.6 Å². The monoisotopic (exact) mass is 276 g/mol. The molecule has 1 fully saturated rings. The molecule has 1 aliphatic heterocycles. The Hall–Kier alpha value is -1.33. The van der Waals surface area contributed by atoms with Gasteiger partial charge < -0.3 is 14.4 Å². The van der Waals surface area contributed by atoms with Crippen LogP contribution in [0.25, 0.3) is 0 Å². The second kappa shape index (κ2) is 4.60. The Balaban J connectivity index is 2.42. The van der Waals surface area contributed by atoms with Crippen molar-refractivity contribution in [3.05, 3.63) is 28.8 Å². The third-order valence-electron chi connectivity index (χ3n) is 4.57. The molecule has 0 aromatic heterocycles. The van der Waals surface area contributed by atoms with Crippen molar-refractivity contribution in [1.82, 2.24) is 0 Å². The first kappa shape index (κ1) is 15.1. The summed E-state index contributed by atoms with van der Waals surface area (Å²) in [7, 11) is -0.457. The zero-order valence-electron chi connectivity index (χ0n) is 12.9. The van der Waals surface area contributed by atoms with Crippen molar-refractivity contribution in [2.45, 2.75) is 52.7 Å². The Bertz CT molecular complexity index is 547. The van der Waals surface area contributed by atoms with Crippen LogP contribution in [-0.4, -0.2) is 29.4 Å². The van der Waals surface area contributed by atoms with E-state index in [1.165, 1.54) is 0 Å². The van der Waals surface area contributed by atoms with Crippen LogP contribution in [0.15, 0.2) is 12.1 Å². The first-order valence-corrected chi connectivity index (χ1v) is 6.76. The van der Waals surface area contributed by atoms with E-state index in [1.54, 1.807) is 12.1 Å². The smallest absolute Gasteiger partial charge is 0.478 e. The Morgan fingerprint density at radius 2 is 1.55 bits per heavy atom. The van der Waals surface area contributed by atoms with E-state index in [4.69, 9.17) is 14.4 Å². The summed E-state index contributed by atoms with van der Waals surface area (Å²) in [5.74, 6) is -0.911. The van der Waals surface area contributed by atoms with Gasteiger partial charge in [0.25, 0.3) is 0 Å². The molecule has 1 aromatic rings. The SMILES string of the molecule is Cc1c(B2OC(C)(C)C(C)(C)O2)ccc(C(=O)O)c1C. The van der Waals surface area contributed by atoms with Crippen LogP contribution in [0.3, 0.4) is 0 Å². The number of carboxylic acids is 1. The van der Waals surface area contributed by atoms with Gasteiger partial charge in [-0.2, -0.15) is 0 Å². The summed E-state index contributed by atoms with van der Waals surface area (Å²) in [6.45, 7) is 11.7. The van der Waals surface area contributed by atoms with Gasteiger partial charge in [0, 0.05) is 0 Å². The van der Waals surface area contributed by atoms with Crippen molar-refractivity contribution >= 4 is 18.6 Å². The lowest BCUT2D eigenvalue weighted by atomic mass is 9.74. The van der Waals surface area contributed by atoms with E-state index in [1.807, 2.05) is 41.5 Å². The molecule has 0 unspecified atom stereocenters. The van der Waals surface area contributed by atoms with Crippen LogP contribution >= 0.6 is 0 Å². The van der Waals surface area contributed by atoms with E-state index in [0.29, 0.717) is 5.56 Å². The number of hydrogen-bond acceptors (Lipinski definition) is 3. The molecule has 1 aromatic carbocycles.